The maximum absolute atomic E-state index is 12.5. The Kier molecular flexibility index (Phi) is 6.62. The predicted octanol–water partition coefficient (Wildman–Crippen LogP) is 1.14. The van der Waals surface area contributed by atoms with Crippen molar-refractivity contribution in [2.45, 2.75) is 12.5 Å². The summed E-state index contributed by atoms with van der Waals surface area (Å²) in [5, 5.41) is 2.65. The van der Waals surface area contributed by atoms with Gasteiger partial charge in [-0.2, -0.15) is 0 Å². The van der Waals surface area contributed by atoms with Gasteiger partial charge >= 0.3 is 5.97 Å². The van der Waals surface area contributed by atoms with Gasteiger partial charge in [0, 0.05) is 25.4 Å². The molecule has 1 aliphatic heterocycles. The van der Waals surface area contributed by atoms with Crippen LogP contribution in [0.4, 0.5) is 0 Å². The Morgan fingerprint density at radius 1 is 1.17 bits per heavy atom. The first-order valence-corrected chi connectivity index (χ1v) is 9.02. The molecule has 3 rings (SSSR count). The first-order valence-electron chi connectivity index (χ1n) is 9.02. The number of pyridine rings is 1. The highest BCUT2D eigenvalue weighted by Crippen LogP contribution is 2.22. The number of methoxy groups -OCH3 is 1. The molecule has 0 unspecified atom stereocenters. The minimum atomic E-state index is -0.901. The first-order chi connectivity index (χ1) is 14.1. The van der Waals surface area contributed by atoms with Gasteiger partial charge in [-0.3, -0.25) is 14.4 Å². The topological polar surface area (TPSA) is 107 Å². The third-order valence-electron chi connectivity index (χ3n) is 4.29. The van der Waals surface area contributed by atoms with Crippen LogP contribution in [-0.4, -0.2) is 60.5 Å². The number of esters is 1. The molecule has 9 nitrogen and oxygen atoms in total. The summed E-state index contributed by atoms with van der Waals surface area (Å²) in [7, 11) is 1.24. The van der Waals surface area contributed by atoms with E-state index in [4.69, 9.17) is 9.47 Å². The van der Waals surface area contributed by atoms with Crippen molar-refractivity contribution in [2.24, 2.45) is 0 Å². The Bertz CT molecular complexity index is 856. The van der Waals surface area contributed by atoms with Crippen molar-refractivity contribution < 1.29 is 28.6 Å². The maximum atomic E-state index is 12.5. The number of carbonyl (C=O) groups is 3. The molecule has 0 saturated carbocycles. The lowest BCUT2D eigenvalue weighted by molar-refractivity contribution is -0.151. The number of piperazine rings is 1. The number of nitrogens with one attached hydrogen (secondary N) is 1. The van der Waals surface area contributed by atoms with Gasteiger partial charge in [0.15, 0.2) is 6.61 Å². The molecule has 1 atom stereocenters. The molecule has 152 valence electrons. The monoisotopic (exact) mass is 399 g/mol. The van der Waals surface area contributed by atoms with Gasteiger partial charge in [0.05, 0.1) is 13.5 Å². The molecule has 0 spiro atoms. The van der Waals surface area contributed by atoms with Crippen LogP contribution in [0.15, 0.2) is 48.7 Å². The second-order valence-corrected chi connectivity index (χ2v) is 6.20. The quantitative estimate of drug-likeness (QED) is 0.696. The number of hydrogen-bond acceptors (Lipinski definition) is 7. The van der Waals surface area contributed by atoms with Crippen molar-refractivity contribution in [2.75, 3.05) is 26.8 Å². The van der Waals surface area contributed by atoms with Gasteiger partial charge in [0.25, 0.3) is 5.91 Å². The third kappa shape index (κ3) is 5.44. The van der Waals surface area contributed by atoms with Crippen molar-refractivity contribution in [1.82, 2.24) is 15.2 Å². The molecule has 9 heteroatoms. The lowest BCUT2D eigenvalue weighted by Crippen LogP contribution is -2.58. The van der Waals surface area contributed by atoms with E-state index in [1.807, 2.05) is 6.07 Å². The zero-order valence-corrected chi connectivity index (χ0v) is 15.9. The van der Waals surface area contributed by atoms with Gasteiger partial charge < -0.3 is 24.4 Å². The molecule has 1 aliphatic rings. The number of aromatic nitrogens is 1. The highest BCUT2D eigenvalue weighted by Gasteiger charge is 2.35. The van der Waals surface area contributed by atoms with E-state index >= 15 is 0 Å². The lowest BCUT2D eigenvalue weighted by atomic mass is 10.1. The molecular formula is C20H21N3O6. The number of carbonyl (C=O) groups excluding carboxylic acids is 3. The molecular weight excluding hydrogens is 378 g/mol. The largest absolute Gasteiger partial charge is 0.484 e. The zero-order chi connectivity index (χ0) is 20.6. The highest BCUT2D eigenvalue weighted by atomic mass is 16.5. The molecule has 2 heterocycles. The molecule has 2 amide bonds. The standard InChI is InChI=1S/C20H21N3O6/c1-27-19(25)12-16-20(26)22-10-11-23(16)18(24)13-28-14-5-7-15(8-6-14)29-17-4-2-3-9-21-17/h2-9,16H,10-13H2,1H3,(H,22,26)/t16-/m0/s1. The molecule has 1 N–H and O–H groups in total. The second kappa shape index (κ2) is 9.54. The fourth-order valence-corrected chi connectivity index (χ4v) is 2.82. The molecule has 1 fully saturated rings. The fourth-order valence-electron chi connectivity index (χ4n) is 2.82. The van der Waals surface area contributed by atoms with Crippen LogP contribution in [-0.2, 0) is 19.1 Å². The van der Waals surface area contributed by atoms with Crippen molar-refractivity contribution in [1.29, 1.82) is 0 Å². The number of rotatable bonds is 7. The van der Waals surface area contributed by atoms with E-state index in [0.717, 1.165) is 0 Å². The number of benzene rings is 1. The summed E-state index contributed by atoms with van der Waals surface area (Å²) in [5.41, 5.74) is 0. The minimum Gasteiger partial charge on any atom is -0.484 e. The van der Waals surface area contributed by atoms with Crippen LogP contribution in [0.5, 0.6) is 17.4 Å². The Balaban J connectivity index is 1.56. The Morgan fingerprint density at radius 2 is 1.93 bits per heavy atom. The fraction of sp³-hybridized carbons (Fsp3) is 0.300. The van der Waals surface area contributed by atoms with E-state index < -0.39 is 12.0 Å². The molecule has 2 aromatic rings. The van der Waals surface area contributed by atoms with E-state index in [-0.39, 0.29) is 24.8 Å². The number of amides is 2. The predicted molar refractivity (Wildman–Crippen MR) is 101 cm³/mol. The molecule has 1 aromatic carbocycles. The summed E-state index contributed by atoms with van der Waals surface area (Å²) < 4.78 is 15.7. The van der Waals surface area contributed by atoms with Gasteiger partial charge in [-0.1, -0.05) is 6.07 Å². The minimum absolute atomic E-state index is 0.201. The maximum Gasteiger partial charge on any atom is 0.308 e. The van der Waals surface area contributed by atoms with Crippen LogP contribution < -0.4 is 14.8 Å². The molecule has 0 aliphatic carbocycles. The van der Waals surface area contributed by atoms with E-state index in [2.05, 4.69) is 15.0 Å². The summed E-state index contributed by atoms with van der Waals surface area (Å²) in [6.07, 6.45) is 1.43. The molecule has 0 radical (unpaired) electrons. The van der Waals surface area contributed by atoms with Gasteiger partial charge in [0.2, 0.25) is 11.8 Å². The van der Waals surface area contributed by atoms with E-state index in [1.165, 1.54) is 12.0 Å². The summed E-state index contributed by atoms with van der Waals surface area (Å²) in [6.45, 7) is 0.361. The highest BCUT2D eigenvalue weighted by molar-refractivity contribution is 5.92. The van der Waals surface area contributed by atoms with Gasteiger partial charge in [-0.05, 0) is 30.3 Å². The van der Waals surface area contributed by atoms with E-state index in [1.54, 1.807) is 42.6 Å². The summed E-state index contributed by atoms with van der Waals surface area (Å²) in [4.78, 5) is 41.6. The van der Waals surface area contributed by atoms with Crippen molar-refractivity contribution in [3.63, 3.8) is 0 Å². The Hall–Kier alpha value is -3.62. The van der Waals surface area contributed by atoms with Crippen molar-refractivity contribution in [3.05, 3.63) is 48.7 Å². The van der Waals surface area contributed by atoms with Crippen molar-refractivity contribution in [3.8, 4) is 17.4 Å². The number of hydrogen-bond donors (Lipinski definition) is 1. The Labute approximate surface area is 167 Å². The normalized spacial score (nSPS) is 16.0. The van der Waals surface area contributed by atoms with Gasteiger partial charge in [-0.25, -0.2) is 4.98 Å². The lowest BCUT2D eigenvalue weighted by Gasteiger charge is -2.34. The Morgan fingerprint density at radius 3 is 2.62 bits per heavy atom. The molecule has 0 bridgehead atoms. The van der Waals surface area contributed by atoms with Crippen LogP contribution in [0.2, 0.25) is 0 Å². The summed E-state index contributed by atoms with van der Waals surface area (Å²) in [6, 6.07) is 11.2. The van der Waals surface area contributed by atoms with Crippen molar-refractivity contribution >= 4 is 17.8 Å². The number of nitrogens with zero attached hydrogens (tertiary/aromatic N) is 2. The third-order valence-corrected chi connectivity index (χ3v) is 4.29. The average molecular weight is 399 g/mol. The van der Waals surface area contributed by atoms with Crippen LogP contribution in [0.3, 0.4) is 0 Å². The summed E-state index contributed by atoms with van der Waals surface area (Å²) >= 11 is 0. The number of ether oxygens (including phenoxy) is 3. The first kappa shape index (κ1) is 20.1. The summed E-state index contributed by atoms with van der Waals surface area (Å²) in [5.74, 6) is 0.185. The van der Waals surface area contributed by atoms with E-state index in [9.17, 15) is 14.4 Å². The molecule has 1 saturated heterocycles. The van der Waals surface area contributed by atoms with Crippen LogP contribution in [0.1, 0.15) is 6.42 Å². The van der Waals surface area contributed by atoms with Gasteiger partial charge in [-0.15, -0.1) is 0 Å². The van der Waals surface area contributed by atoms with Crippen LogP contribution >= 0.6 is 0 Å². The molecule has 1 aromatic heterocycles. The SMILES string of the molecule is COC(=O)C[C@H]1C(=O)NCCN1C(=O)COc1ccc(Oc2ccccn2)cc1. The average Bonchev–Trinajstić information content (AvgIpc) is 2.75. The van der Waals surface area contributed by atoms with Crippen LogP contribution in [0.25, 0.3) is 0 Å². The van der Waals surface area contributed by atoms with Gasteiger partial charge in [0.1, 0.15) is 17.5 Å². The smallest absolute Gasteiger partial charge is 0.308 e. The second-order valence-electron chi connectivity index (χ2n) is 6.20. The molecule has 29 heavy (non-hydrogen) atoms. The van der Waals surface area contributed by atoms with Crippen LogP contribution in [0, 0.1) is 0 Å². The zero-order valence-electron chi connectivity index (χ0n) is 15.9. The van der Waals surface area contributed by atoms with E-state index in [0.29, 0.717) is 30.5 Å².